The van der Waals surface area contributed by atoms with Gasteiger partial charge in [-0.2, -0.15) is 0 Å². The molecule has 0 aromatic rings. The minimum Gasteiger partial charge on any atom is -0.480 e. The maximum atomic E-state index is 11.5. The summed E-state index contributed by atoms with van der Waals surface area (Å²) in [5.74, 6) is -1.34. The van der Waals surface area contributed by atoms with Crippen molar-refractivity contribution < 1.29 is 19.4 Å². The first kappa shape index (κ1) is 14.9. The summed E-state index contributed by atoms with van der Waals surface area (Å²) in [5.41, 5.74) is 0. The molecule has 5 nitrogen and oxygen atoms in total. The van der Waals surface area contributed by atoms with Crippen LogP contribution in [-0.2, 0) is 14.3 Å². The van der Waals surface area contributed by atoms with Crippen LogP contribution in [0, 0.1) is 5.92 Å². The van der Waals surface area contributed by atoms with E-state index in [1.54, 1.807) is 14.0 Å². The zero-order valence-corrected chi connectivity index (χ0v) is 10.2. The minimum atomic E-state index is -0.993. The number of aliphatic carboxylic acids is 1. The Morgan fingerprint density at radius 1 is 1.44 bits per heavy atom. The fraction of sp³-hybridized carbons (Fsp3) is 0.818. The van der Waals surface area contributed by atoms with E-state index in [9.17, 15) is 9.59 Å². The Hall–Kier alpha value is -1.10. The van der Waals surface area contributed by atoms with Crippen molar-refractivity contribution in [3.05, 3.63) is 0 Å². The highest BCUT2D eigenvalue weighted by molar-refractivity contribution is 5.84. The van der Waals surface area contributed by atoms with E-state index >= 15 is 0 Å². The van der Waals surface area contributed by atoms with Crippen LogP contribution >= 0.6 is 0 Å². The van der Waals surface area contributed by atoms with Crippen LogP contribution in [0.1, 0.15) is 33.1 Å². The van der Waals surface area contributed by atoms with Crippen LogP contribution in [0.2, 0.25) is 0 Å². The summed E-state index contributed by atoms with van der Waals surface area (Å²) in [7, 11) is 1.56. The first-order chi connectivity index (χ1) is 7.52. The van der Waals surface area contributed by atoms with Crippen molar-refractivity contribution >= 4 is 11.9 Å². The molecule has 2 atom stereocenters. The van der Waals surface area contributed by atoms with Gasteiger partial charge in [-0.15, -0.1) is 0 Å². The first-order valence-corrected chi connectivity index (χ1v) is 5.55. The topological polar surface area (TPSA) is 75.6 Å². The van der Waals surface area contributed by atoms with Crippen LogP contribution in [0.3, 0.4) is 0 Å². The number of carboxylic acid groups (broad SMARTS) is 1. The van der Waals surface area contributed by atoms with E-state index in [0.717, 1.165) is 0 Å². The second-order valence-corrected chi connectivity index (χ2v) is 3.84. The monoisotopic (exact) mass is 231 g/mol. The number of nitrogens with one attached hydrogen (secondary N) is 1. The van der Waals surface area contributed by atoms with Crippen molar-refractivity contribution in [3.63, 3.8) is 0 Å². The molecule has 0 rings (SSSR count). The molecule has 0 radical (unpaired) electrons. The number of methoxy groups -OCH3 is 1. The van der Waals surface area contributed by atoms with Crippen LogP contribution in [-0.4, -0.2) is 36.7 Å². The third-order valence-electron chi connectivity index (χ3n) is 2.52. The standard InChI is InChI=1S/C11H21NO4/c1-4-8(2)10(13)12-9(11(14)15)6-5-7-16-3/h8-9H,4-7H2,1-3H3,(H,12,13)(H,14,15). The molecule has 0 bridgehead atoms. The van der Waals surface area contributed by atoms with E-state index in [1.807, 2.05) is 6.92 Å². The Morgan fingerprint density at radius 2 is 2.06 bits per heavy atom. The van der Waals surface area contributed by atoms with Crippen molar-refractivity contribution in [2.45, 2.75) is 39.2 Å². The molecule has 5 heteroatoms. The molecule has 0 aromatic carbocycles. The Bertz CT molecular complexity index is 230. The van der Waals surface area contributed by atoms with Crippen molar-refractivity contribution in [2.24, 2.45) is 5.92 Å². The van der Waals surface area contributed by atoms with E-state index in [2.05, 4.69) is 5.32 Å². The minimum absolute atomic E-state index is 0.149. The Balaban J connectivity index is 4.12. The number of rotatable bonds is 8. The third-order valence-corrected chi connectivity index (χ3v) is 2.52. The lowest BCUT2D eigenvalue weighted by molar-refractivity contribution is -0.142. The lowest BCUT2D eigenvalue weighted by Gasteiger charge is -2.16. The fourth-order valence-corrected chi connectivity index (χ4v) is 1.19. The van der Waals surface area contributed by atoms with Gasteiger partial charge in [0.15, 0.2) is 0 Å². The summed E-state index contributed by atoms with van der Waals surface area (Å²) in [6, 6.07) is -0.809. The largest absolute Gasteiger partial charge is 0.480 e. The third kappa shape index (κ3) is 5.70. The van der Waals surface area contributed by atoms with Crippen LogP contribution in [0.5, 0.6) is 0 Å². The van der Waals surface area contributed by atoms with Crippen molar-refractivity contribution in [1.29, 1.82) is 0 Å². The Labute approximate surface area is 96.2 Å². The van der Waals surface area contributed by atoms with E-state index in [1.165, 1.54) is 0 Å². The molecule has 0 aliphatic rings. The van der Waals surface area contributed by atoms with Gasteiger partial charge < -0.3 is 15.2 Å². The molecule has 94 valence electrons. The number of carbonyl (C=O) groups excluding carboxylic acids is 1. The molecular formula is C11H21NO4. The summed E-state index contributed by atoms with van der Waals surface area (Å²) >= 11 is 0. The molecule has 0 saturated heterocycles. The first-order valence-electron chi connectivity index (χ1n) is 5.55. The summed E-state index contributed by atoms with van der Waals surface area (Å²) in [4.78, 5) is 22.4. The van der Waals surface area contributed by atoms with Gasteiger partial charge >= 0.3 is 5.97 Å². The number of carbonyl (C=O) groups is 2. The molecule has 0 heterocycles. The quantitative estimate of drug-likeness (QED) is 0.612. The Kier molecular flexibility index (Phi) is 7.54. The van der Waals surface area contributed by atoms with Gasteiger partial charge in [0.05, 0.1) is 0 Å². The van der Waals surface area contributed by atoms with Crippen LogP contribution in [0.4, 0.5) is 0 Å². The zero-order chi connectivity index (χ0) is 12.6. The SMILES string of the molecule is CCC(C)C(=O)NC(CCCOC)C(=O)O. The van der Waals surface area contributed by atoms with Gasteiger partial charge in [-0.1, -0.05) is 13.8 Å². The average Bonchev–Trinajstić information content (AvgIpc) is 2.26. The highest BCUT2D eigenvalue weighted by Crippen LogP contribution is 2.04. The lowest BCUT2D eigenvalue weighted by Crippen LogP contribution is -2.43. The van der Waals surface area contributed by atoms with Crippen LogP contribution in [0.25, 0.3) is 0 Å². The second-order valence-electron chi connectivity index (χ2n) is 3.84. The number of carboxylic acids is 1. The van der Waals surface area contributed by atoms with Crippen molar-refractivity contribution in [3.8, 4) is 0 Å². The van der Waals surface area contributed by atoms with E-state index in [4.69, 9.17) is 9.84 Å². The highest BCUT2D eigenvalue weighted by atomic mass is 16.5. The molecule has 0 saturated carbocycles. The van der Waals surface area contributed by atoms with Crippen LogP contribution < -0.4 is 5.32 Å². The second kappa shape index (κ2) is 8.10. The maximum Gasteiger partial charge on any atom is 0.326 e. The zero-order valence-electron chi connectivity index (χ0n) is 10.2. The summed E-state index contributed by atoms with van der Waals surface area (Å²) in [6.07, 6.45) is 1.72. The van der Waals surface area contributed by atoms with Gasteiger partial charge in [-0.05, 0) is 19.3 Å². The van der Waals surface area contributed by atoms with Crippen molar-refractivity contribution in [2.75, 3.05) is 13.7 Å². The summed E-state index contributed by atoms with van der Waals surface area (Å²) < 4.78 is 4.84. The molecule has 1 amide bonds. The van der Waals surface area contributed by atoms with E-state index in [0.29, 0.717) is 25.9 Å². The number of ether oxygens (including phenoxy) is 1. The van der Waals surface area contributed by atoms with Gasteiger partial charge in [-0.25, -0.2) is 4.79 Å². The predicted molar refractivity (Wildman–Crippen MR) is 60.1 cm³/mol. The molecule has 2 N–H and O–H groups in total. The van der Waals surface area contributed by atoms with Gasteiger partial charge in [-0.3, -0.25) is 4.79 Å². The lowest BCUT2D eigenvalue weighted by atomic mass is 10.1. The molecule has 0 aliphatic carbocycles. The number of hydrogen-bond donors (Lipinski definition) is 2. The molecule has 2 unspecified atom stereocenters. The number of hydrogen-bond acceptors (Lipinski definition) is 3. The average molecular weight is 231 g/mol. The van der Waals surface area contributed by atoms with E-state index < -0.39 is 12.0 Å². The van der Waals surface area contributed by atoms with Gasteiger partial charge in [0.2, 0.25) is 5.91 Å². The molecule has 0 aromatic heterocycles. The molecular weight excluding hydrogens is 210 g/mol. The van der Waals surface area contributed by atoms with Gasteiger partial charge in [0, 0.05) is 19.6 Å². The summed E-state index contributed by atoms with van der Waals surface area (Å²) in [6.45, 7) is 4.18. The molecule has 0 fully saturated rings. The Morgan fingerprint density at radius 3 is 2.50 bits per heavy atom. The van der Waals surface area contributed by atoms with Gasteiger partial charge in [0.25, 0.3) is 0 Å². The number of amides is 1. The maximum absolute atomic E-state index is 11.5. The molecule has 0 spiro atoms. The molecule has 16 heavy (non-hydrogen) atoms. The predicted octanol–water partition coefficient (Wildman–Crippen LogP) is 1.03. The fourth-order valence-electron chi connectivity index (χ4n) is 1.19. The highest BCUT2D eigenvalue weighted by Gasteiger charge is 2.21. The van der Waals surface area contributed by atoms with Crippen LogP contribution in [0.15, 0.2) is 0 Å². The van der Waals surface area contributed by atoms with E-state index in [-0.39, 0.29) is 11.8 Å². The smallest absolute Gasteiger partial charge is 0.326 e. The molecule has 0 aliphatic heterocycles. The summed E-state index contributed by atoms with van der Waals surface area (Å²) in [5, 5.41) is 11.5. The normalized spacial score (nSPS) is 14.2. The van der Waals surface area contributed by atoms with Crippen molar-refractivity contribution in [1.82, 2.24) is 5.32 Å². The van der Waals surface area contributed by atoms with Gasteiger partial charge in [0.1, 0.15) is 6.04 Å².